The van der Waals surface area contributed by atoms with Crippen LogP contribution in [0.15, 0.2) is 61.1 Å². The predicted molar refractivity (Wildman–Crippen MR) is 104 cm³/mol. The van der Waals surface area contributed by atoms with Gasteiger partial charge in [-0.05, 0) is 54.3 Å². The van der Waals surface area contributed by atoms with E-state index in [2.05, 4.69) is 16.4 Å². The minimum absolute atomic E-state index is 0.237. The average molecular weight is 363 g/mol. The van der Waals surface area contributed by atoms with Crippen molar-refractivity contribution in [2.75, 3.05) is 13.2 Å². The Morgan fingerprint density at radius 3 is 2.59 bits per heavy atom. The number of benzene rings is 1. The highest BCUT2D eigenvalue weighted by Crippen LogP contribution is 2.27. The lowest BCUT2D eigenvalue weighted by Crippen LogP contribution is -2.36. The molecule has 5 heteroatoms. The van der Waals surface area contributed by atoms with Crippen LogP contribution in [0.2, 0.25) is 0 Å². The Morgan fingerprint density at radius 1 is 1.04 bits per heavy atom. The highest BCUT2D eigenvalue weighted by molar-refractivity contribution is 5.69. The average Bonchev–Trinajstić information content (AvgIpc) is 2.74. The fourth-order valence-electron chi connectivity index (χ4n) is 3.37. The van der Waals surface area contributed by atoms with Crippen molar-refractivity contribution in [3.63, 3.8) is 0 Å². The molecular weight excluding hydrogens is 341 g/mol. The molecule has 0 amide bonds. The summed E-state index contributed by atoms with van der Waals surface area (Å²) in [5.41, 5.74) is 5.00. The number of nitrogens with zero attached hydrogens (tertiary/aromatic N) is 2. The Morgan fingerprint density at radius 2 is 1.85 bits per heavy atom. The lowest BCUT2D eigenvalue weighted by atomic mass is 10.0. The molecule has 0 spiro atoms. The molecule has 2 aromatic heterocycles. The number of nitrogens with one attached hydrogen (secondary N) is 1. The van der Waals surface area contributed by atoms with Gasteiger partial charge in [-0.15, -0.1) is 0 Å². The number of ether oxygens (including phenoxy) is 1. The van der Waals surface area contributed by atoms with Crippen molar-refractivity contribution >= 4 is 0 Å². The van der Waals surface area contributed by atoms with Gasteiger partial charge in [0.05, 0.1) is 12.3 Å². The Balaban J connectivity index is 1.65. The zero-order valence-electron chi connectivity index (χ0n) is 15.1. The molecule has 4 rings (SSSR count). The summed E-state index contributed by atoms with van der Waals surface area (Å²) >= 11 is 0. The van der Waals surface area contributed by atoms with Gasteiger partial charge < -0.3 is 10.1 Å². The van der Waals surface area contributed by atoms with Gasteiger partial charge in [-0.1, -0.05) is 12.1 Å². The van der Waals surface area contributed by atoms with Gasteiger partial charge in [0.25, 0.3) is 0 Å². The molecule has 138 valence electrons. The van der Waals surface area contributed by atoms with Crippen molar-refractivity contribution in [3.8, 4) is 22.4 Å². The molecule has 1 atom stereocenters. The first-order valence-electron chi connectivity index (χ1n) is 9.26. The maximum absolute atomic E-state index is 13.3. The first kappa shape index (κ1) is 17.8. The van der Waals surface area contributed by atoms with E-state index in [1.165, 1.54) is 12.1 Å². The minimum Gasteiger partial charge on any atom is -0.380 e. The topological polar surface area (TPSA) is 47.0 Å². The summed E-state index contributed by atoms with van der Waals surface area (Å²) in [4.78, 5) is 8.82. The van der Waals surface area contributed by atoms with Crippen LogP contribution >= 0.6 is 0 Å². The van der Waals surface area contributed by atoms with Crippen molar-refractivity contribution in [3.05, 3.63) is 72.4 Å². The summed E-state index contributed by atoms with van der Waals surface area (Å²) in [6.45, 7) is 2.30. The Hall–Kier alpha value is -2.63. The molecule has 1 unspecified atom stereocenters. The van der Waals surface area contributed by atoms with Crippen LogP contribution in [0.5, 0.6) is 0 Å². The van der Waals surface area contributed by atoms with Crippen molar-refractivity contribution in [2.24, 2.45) is 0 Å². The van der Waals surface area contributed by atoms with Gasteiger partial charge in [-0.2, -0.15) is 0 Å². The quantitative estimate of drug-likeness (QED) is 0.737. The van der Waals surface area contributed by atoms with E-state index in [9.17, 15) is 4.39 Å². The molecule has 3 heterocycles. The summed E-state index contributed by atoms with van der Waals surface area (Å²) in [5, 5.41) is 3.60. The van der Waals surface area contributed by atoms with Crippen LogP contribution in [0.4, 0.5) is 4.39 Å². The lowest BCUT2D eigenvalue weighted by Gasteiger charge is -2.24. The summed E-state index contributed by atoms with van der Waals surface area (Å²) < 4.78 is 18.8. The van der Waals surface area contributed by atoms with E-state index in [1.54, 1.807) is 24.5 Å². The summed E-state index contributed by atoms with van der Waals surface area (Å²) in [5.74, 6) is -0.237. The molecular formula is C22H22FN3O. The molecule has 0 saturated carbocycles. The summed E-state index contributed by atoms with van der Waals surface area (Å²) in [6.07, 6.45) is 7.60. The third-order valence-electron chi connectivity index (χ3n) is 4.84. The van der Waals surface area contributed by atoms with Gasteiger partial charge in [-0.3, -0.25) is 9.97 Å². The molecule has 0 aliphatic carbocycles. The summed E-state index contributed by atoms with van der Waals surface area (Å²) in [7, 11) is 0. The third kappa shape index (κ3) is 4.38. The fourth-order valence-corrected chi connectivity index (χ4v) is 3.37. The number of aromatic nitrogens is 2. The first-order chi connectivity index (χ1) is 13.3. The molecule has 1 aliphatic heterocycles. The van der Waals surface area contributed by atoms with Gasteiger partial charge in [0.15, 0.2) is 0 Å². The van der Waals surface area contributed by atoms with Crippen LogP contribution in [-0.4, -0.2) is 29.2 Å². The van der Waals surface area contributed by atoms with Gasteiger partial charge in [0, 0.05) is 48.9 Å². The van der Waals surface area contributed by atoms with Gasteiger partial charge >= 0.3 is 0 Å². The van der Waals surface area contributed by atoms with E-state index in [0.29, 0.717) is 12.6 Å². The number of hydrogen-bond acceptors (Lipinski definition) is 4. The largest absolute Gasteiger partial charge is 0.380 e. The molecule has 1 aliphatic rings. The minimum atomic E-state index is -0.237. The van der Waals surface area contributed by atoms with E-state index >= 15 is 0 Å². The Bertz CT molecular complexity index is 878. The van der Waals surface area contributed by atoms with Crippen LogP contribution < -0.4 is 5.32 Å². The smallest absolute Gasteiger partial charge is 0.123 e. The standard InChI is InChI=1S/C22H22FN3O/c23-20-5-3-16(4-6-20)18-12-19(14-25-21-2-1-11-27-15-21)22(26-13-18)17-7-9-24-10-8-17/h3-10,12-13,21,25H,1-2,11,14-15H2. The molecule has 0 radical (unpaired) electrons. The second-order valence-electron chi connectivity index (χ2n) is 6.77. The van der Waals surface area contributed by atoms with Crippen LogP contribution in [-0.2, 0) is 11.3 Å². The van der Waals surface area contributed by atoms with E-state index < -0.39 is 0 Å². The van der Waals surface area contributed by atoms with Crippen molar-refractivity contribution < 1.29 is 9.13 Å². The van der Waals surface area contributed by atoms with E-state index in [4.69, 9.17) is 9.72 Å². The molecule has 3 aromatic rings. The number of rotatable bonds is 5. The zero-order chi connectivity index (χ0) is 18.5. The van der Waals surface area contributed by atoms with Crippen LogP contribution in [0.1, 0.15) is 18.4 Å². The Labute approximate surface area is 158 Å². The molecule has 0 bridgehead atoms. The van der Waals surface area contributed by atoms with Gasteiger partial charge in [0.2, 0.25) is 0 Å². The second-order valence-corrected chi connectivity index (χ2v) is 6.77. The summed E-state index contributed by atoms with van der Waals surface area (Å²) in [6, 6.07) is 12.9. The molecule has 1 saturated heterocycles. The number of hydrogen-bond donors (Lipinski definition) is 1. The predicted octanol–water partition coefficient (Wildman–Crippen LogP) is 4.22. The van der Waals surface area contributed by atoms with Crippen LogP contribution in [0.25, 0.3) is 22.4 Å². The lowest BCUT2D eigenvalue weighted by molar-refractivity contribution is 0.0699. The zero-order valence-corrected chi connectivity index (χ0v) is 15.1. The van der Waals surface area contributed by atoms with Crippen LogP contribution in [0, 0.1) is 5.82 Å². The maximum atomic E-state index is 13.3. The van der Waals surface area contributed by atoms with Crippen molar-refractivity contribution in [1.29, 1.82) is 0 Å². The fraction of sp³-hybridized carbons (Fsp3) is 0.273. The van der Waals surface area contributed by atoms with Gasteiger partial charge in [0.1, 0.15) is 5.82 Å². The SMILES string of the molecule is Fc1ccc(-c2cnc(-c3ccncc3)c(CNC3CCCOC3)c2)cc1. The number of halogens is 1. The molecule has 27 heavy (non-hydrogen) atoms. The number of pyridine rings is 2. The molecule has 1 aromatic carbocycles. The van der Waals surface area contributed by atoms with E-state index in [1.807, 2.05) is 18.3 Å². The monoisotopic (exact) mass is 363 g/mol. The van der Waals surface area contributed by atoms with E-state index in [0.717, 1.165) is 54.0 Å². The Kier molecular flexibility index (Phi) is 5.51. The van der Waals surface area contributed by atoms with E-state index in [-0.39, 0.29) is 5.82 Å². The van der Waals surface area contributed by atoms with Crippen molar-refractivity contribution in [2.45, 2.75) is 25.4 Å². The first-order valence-corrected chi connectivity index (χ1v) is 9.26. The molecule has 1 N–H and O–H groups in total. The van der Waals surface area contributed by atoms with Gasteiger partial charge in [-0.25, -0.2) is 4.39 Å². The van der Waals surface area contributed by atoms with Crippen LogP contribution in [0.3, 0.4) is 0 Å². The molecule has 1 fully saturated rings. The maximum Gasteiger partial charge on any atom is 0.123 e. The highest BCUT2D eigenvalue weighted by atomic mass is 19.1. The normalized spacial score (nSPS) is 17.0. The molecule has 4 nitrogen and oxygen atoms in total. The van der Waals surface area contributed by atoms with Crippen molar-refractivity contribution in [1.82, 2.24) is 15.3 Å². The second kappa shape index (κ2) is 8.37. The highest BCUT2D eigenvalue weighted by Gasteiger charge is 2.15. The third-order valence-corrected chi connectivity index (χ3v) is 4.84.